The van der Waals surface area contributed by atoms with Crippen molar-refractivity contribution in [2.75, 3.05) is 0 Å². The van der Waals surface area contributed by atoms with Gasteiger partial charge in [-0.15, -0.1) is 0 Å². The Morgan fingerprint density at radius 3 is 1.41 bits per heavy atom. The zero-order valence-electron chi connectivity index (χ0n) is 40.8. The van der Waals surface area contributed by atoms with Gasteiger partial charge in [0.2, 0.25) is 0 Å². The quantitative estimate of drug-likeness (QED) is 0.147. The van der Waals surface area contributed by atoms with Crippen LogP contribution in [-0.4, -0.2) is 9.13 Å². The number of aromatic nitrogens is 2. The molecule has 0 aliphatic heterocycles. The normalized spacial score (nSPS) is 14.2. The number of rotatable bonds is 6. The lowest BCUT2D eigenvalue weighted by atomic mass is 9.79. The predicted molar refractivity (Wildman–Crippen MR) is 303 cm³/mol. The Bertz CT molecular complexity index is 4310. The SMILES string of the molecule is C=C/C=C\c1c(C)n(-c2ccc3ccccc3c2)c2ccc(-c3ccc4c(c3)C(C)(C)c3cc5c(cc3-4)C(C)(C)c3cc(-c4ccc6c(c4)c4ccccc4n6-c4ccc6ccccc6c4)ccc3-5)cc12. The second-order valence-corrected chi connectivity index (χ2v) is 21.0. The lowest BCUT2D eigenvalue weighted by molar-refractivity contribution is 0.652. The summed E-state index contributed by atoms with van der Waals surface area (Å²) >= 11 is 0. The van der Waals surface area contributed by atoms with Crippen LogP contribution in [0.3, 0.4) is 0 Å². The predicted octanol–water partition coefficient (Wildman–Crippen LogP) is 18.5. The summed E-state index contributed by atoms with van der Waals surface area (Å²) in [5.74, 6) is 0. The van der Waals surface area contributed by atoms with Crippen molar-refractivity contribution in [3.8, 4) is 55.9 Å². The van der Waals surface area contributed by atoms with E-state index in [0.717, 1.165) is 0 Å². The molecular formula is C69H52N2. The molecule has 338 valence electrons. The molecule has 0 amide bonds. The Balaban J connectivity index is 0.822. The molecule has 0 bridgehead atoms. The highest BCUT2D eigenvalue weighted by Crippen LogP contribution is 2.57. The lowest BCUT2D eigenvalue weighted by Crippen LogP contribution is -2.17. The zero-order chi connectivity index (χ0) is 47.9. The standard InChI is InChI=1S/C69H52N2/c1-7-8-19-53-42(2)70(51-28-22-43-15-9-11-17-45(43)34-51)66-32-26-47(36-59(53)66)49-24-30-54-57-40-64-58(41-63(57)68(3,4)61(54)38-49)55-31-25-50(39-62(55)69(64,5)6)48-27-33-67-60(37-48)56-20-13-14-21-65(56)71(67)52-29-23-44-16-10-12-18-46(44)35-52/h7-41H,1H2,2-6H3/b19-8-. The van der Waals surface area contributed by atoms with Gasteiger partial charge in [-0.05, 0) is 174 Å². The van der Waals surface area contributed by atoms with Gasteiger partial charge in [0.15, 0.2) is 0 Å². The Morgan fingerprint density at radius 1 is 0.380 bits per heavy atom. The van der Waals surface area contributed by atoms with Gasteiger partial charge in [0.05, 0.1) is 16.6 Å². The summed E-state index contributed by atoms with van der Waals surface area (Å²) in [6.45, 7) is 15.9. The third-order valence-corrected chi connectivity index (χ3v) is 16.4. The highest BCUT2D eigenvalue weighted by atomic mass is 15.0. The number of benzene rings is 10. The highest BCUT2D eigenvalue weighted by molar-refractivity contribution is 6.11. The molecule has 0 saturated carbocycles. The molecule has 2 aliphatic rings. The third-order valence-electron chi connectivity index (χ3n) is 16.4. The fourth-order valence-corrected chi connectivity index (χ4v) is 12.7. The number of allylic oxidation sites excluding steroid dienone is 2. The topological polar surface area (TPSA) is 9.86 Å². The third kappa shape index (κ3) is 6.01. The van der Waals surface area contributed by atoms with Gasteiger partial charge in [-0.1, -0.05) is 168 Å². The monoisotopic (exact) mass is 908 g/mol. The van der Waals surface area contributed by atoms with E-state index < -0.39 is 0 Å². The summed E-state index contributed by atoms with van der Waals surface area (Å²) in [5.41, 5.74) is 24.0. The largest absolute Gasteiger partial charge is 0.313 e. The summed E-state index contributed by atoms with van der Waals surface area (Å²) < 4.78 is 4.83. The average molecular weight is 909 g/mol. The van der Waals surface area contributed by atoms with E-state index in [2.05, 4.69) is 257 Å². The fraction of sp³-hybridized carbons (Fsp3) is 0.101. The maximum Gasteiger partial charge on any atom is 0.0541 e. The molecule has 2 aromatic heterocycles. The first-order valence-corrected chi connectivity index (χ1v) is 25.0. The first kappa shape index (κ1) is 41.5. The summed E-state index contributed by atoms with van der Waals surface area (Å²) in [5, 5.41) is 8.76. The van der Waals surface area contributed by atoms with E-state index >= 15 is 0 Å². The van der Waals surface area contributed by atoms with E-state index in [1.54, 1.807) is 0 Å². The van der Waals surface area contributed by atoms with Crippen molar-refractivity contribution in [1.29, 1.82) is 0 Å². The molecule has 12 aromatic rings. The molecule has 0 spiro atoms. The molecule has 10 aromatic carbocycles. The molecular weight excluding hydrogens is 857 g/mol. The van der Waals surface area contributed by atoms with Gasteiger partial charge < -0.3 is 9.13 Å². The van der Waals surface area contributed by atoms with Crippen molar-refractivity contribution < 1.29 is 0 Å². The number of hydrogen-bond acceptors (Lipinski definition) is 0. The minimum atomic E-state index is -0.179. The summed E-state index contributed by atoms with van der Waals surface area (Å²) in [4.78, 5) is 0. The van der Waals surface area contributed by atoms with Crippen LogP contribution >= 0.6 is 0 Å². The van der Waals surface area contributed by atoms with Crippen LogP contribution in [-0.2, 0) is 10.8 Å². The first-order valence-electron chi connectivity index (χ1n) is 25.0. The summed E-state index contributed by atoms with van der Waals surface area (Å²) in [7, 11) is 0. The Labute approximate surface area is 415 Å². The van der Waals surface area contributed by atoms with Gasteiger partial charge in [-0.25, -0.2) is 0 Å². The Hall–Kier alpha value is -8.46. The van der Waals surface area contributed by atoms with Crippen LogP contribution < -0.4 is 0 Å². The van der Waals surface area contributed by atoms with Crippen LogP contribution in [0.25, 0.3) is 116 Å². The van der Waals surface area contributed by atoms with E-state index in [0.29, 0.717) is 0 Å². The second kappa shape index (κ2) is 15.0. The molecule has 0 fully saturated rings. The summed E-state index contributed by atoms with van der Waals surface area (Å²) in [6.07, 6.45) is 6.13. The van der Waals surface area contributed by atoms with Crippen LogP contribution in [0.5, 0.6) is 0 Å². The maximum absolute atomic E-state index is 4.00. The lowest BCUT2D eigenvalue weighted by Gasteiger charge is -2.24. The molecule has 2 nitrogen and oxygen atoms in total. The van der Waals surface area contributed by atoms with Gasteiger partial charge in [0.1, 0.15) is 0 Å². The van der Waals surface area contributed by atoms with Gasteiger partial charge in [-0.2, -0.15) is 0 Å². The van der Waals surface area contributed by atoms with Crippen LogP contribution in [0.2, 0.25) is 0 Å². The van der Waals surface area contributed by atoms with Crippen LogP contribution in [0.4, 0.5) is 0 Å². The molecule has 2 heteroatoms. The molecule has 0 atom stereocenters. The average Bonchev–Trinajstić information content (AvgIpc) is 4.03. The smallest absolute Gasteiger partial charge is 0.0541 e. The number of nitrogens with zero attached hydrogens (tertiary/aromatic N) is 2. The van der Waals surface area contributed by atoms with Gasteiger partial charge in [0.25, 0.3) is 0 Å². The molecule has 14 rings (SSSR count). The van der Waals surface area contributed by atoms with E-state index in [4.69, 9.17) is 0 Å². The maximum atomic E-state index is 4.00. The molecule has 0 unspecified atom stereocenters. The van der Waals surface area contributed by atoms with Crippen molar-refractivity contribution in [2.24, 2.45) is 0 Å². The molecule has 0 N–H and O–H groups in total. The van der Waals surface area contributed by atoms with E-state index in [1.807, 2.05) is 6.08 Å². The highest BCUT2D eigenvalue weighted by Gasteiger charge is 2.42. The number of fused-ring (bicyclic) bond motifs is 12. The van der Waals surface area contributed by atoms with Crippen molar-refractivity contribution >= 4 is 60.3 Å². The van der Waals surface area contributed by atoms with Gasteiger partial charge in [0, 0.05) is 49.6 Å². The number of hydrogen-bond donors (Lipinski definition) is 0. The summed E-state index contributed by atoms with van der Waals surface area (Å²) in [6, 6.07) is 73.2. The molecule has 0 saturated heterocycles. The minimum absolute atomic E-state index is 0.173. The van der Waals surface area contributed by atoms with Crippen molar-refractivity contribution in [1.82, 2.24) is 9.13 Å². The molecule has 0 radical (unpaired) electrons. The van der Waals surface area contributed by atoms with Crippen LogP contribution in [0, 0.1) is 6.92 Å². The van der Waals surface area contributed by atoms with E-state index in [9.17, 15) is 0 Å². The minimum Gasteiger partial charge on any atom is -0.313 e. The Morgan fingerprint density at radius 2 is 0.831 bits per heavy atom. The van der Waals surface area contributed by atoms with Crippen molar-refractivity contribution in [3.05, 3.63) is 246 Å². The molecule has 2 aliphatic carbocycles. The molecule has 2 heterocycles. The second-order valence-electron chi connectivity index (χ2n) is 21.0. The van der Waals surface area contributed by atoms with Gasteiger partial charge in [-0.3, -0.25) is 0 Å². The van der Waals surface area contributed by atoms with Crippen LogP contribution in [0.15, 0.2) is 213 Å². The van der Waals surface area contributed by atoms with Crippen molar-refractivity contribution in [2.45, 2.75) is 45.4 Å². The number of para-hydroxylation sites is 1. The fourth-order valence-electron chi connectivity index (χ4n) is 12.7. The Kier molecular flexibility index (Phi) is 8.78. The van der Waals surface area contributed by atoms with E-state index in [1.165, 1.54) is 144 Å². The van der Waals surface area contributed by atoms with Crippen LogP contribution in [0.1, 0.15) is 61.2 Å². The molecule has 71 heavy (non-hydrogen) atoms. The van der Waals surface area contributed by atoms with Crippen molar-refractivity contribution in [3.63, 3.8) is 0 Å². The van der Waals surface area contributed by atoms with Gasteiger partial charge >= 0.3 is 0 Å². The van der Waals surface area contributed by atoms with E-state index in [-0.39, 0.29) is 10.8 Å². The first-order chi connectivity index (χ1) is 34.6. The zero-order valence-corrected chi connectivity index (χ0v) is 40.8.